The molecule has 0 saturated heterocycles. The second-order valence-electron chi connectivity index (χ2n) is 4.00. The van der Waals surface area contributed by atoms with Crippen LogP contribution in [0.3, 0.4) is 0 Å². The predicted molar refractivity (Wildman–Crippen MR) is 63.5 cm³/mol. The molecule has 0 radical (unpaired) electrons. The number of benzene rings is 2. The van der Waals surface area contributed by atoms with Gasteiger partial charge >= 0.3 is 0 Å². The van der Waals surface area contributed by atoms with Crippen LogP contribution >= 0.6 is 0 Å². The zero-order valence-corrected chi connectivity index (χ0v) is 10.0. The van der Waals surface area contributed by atoms with E-state index < -0.39 is 23.6 Å². The van der Waals surface area contributed by atoms with Crippen LogP contribution in [0.15, 0.2) is 36.4 Å². The van der Waals surface area contributed by atoms with Crippen molar-refractivity contribution in [3.05, 3.63) is 59.4 Å². The van der Waals surface area contributed by atoms with Gasteiger partial charge in [0.15, 0.2) is 11.6 Å². The van der Waals surface area contributed by atoms with Crippen LogP contribution in [0.2, 0.25) is 0 Å². The fourth-order valence-electron chi connectivity index (χ4n) is 1.69. The fraction of sp³-hybridized carbons (Fsp3) is 0.143. The van der Waals surface area contributed by atoms with Crippen LogP contribution in [-0.2, 0) is 0 Å². The average molecular weight is 268 g/mol. The largest absolute Gasteiger partial charge is 0.454 e. The molecule has 0 amide bonds. The Hall–Kier alpha value is -2.01. The van der Waals surface area contributed by atoms with Gasteiger partial charge in [0, 0.05) is 6.07 Å². The van der Waals surface area contributed by atoms with E-state index in [1.54, 1.807) is 0 Å². The van der Waals surface area contributed by atoms with E-state index in [-0.39, 0.29) is 17.1 Å². The fourth-order valence-corrected chi connectivity index (χ4v) is 1.69. The maximum atomic E-state index is 13.6. The summed E-state index contributed by atoms with van der Waals surface area (Å²) in [5, 5.41) is 9.50. The molecule has 100 valence electrons. The first-order valence-corrected chi connectivity index (χ1v) is 5.58. The van der Waals surface area contributed by atoms with Gasteiger partial charge in [0.2, 0.25) is 0 Å². The molecule has 1 atom stereocenters. The van der Waals surface area contributed by atoms with Gasteiger partial charge in [-0.3, -0.25) is 0 Å². The van der Waals surface area contributed by atoms with Crippen molar-refractivity contribution < 1.29 is 23.0 Å². The van der Waals surface area contributed by atoms with Gasteiger partial charge < -0.3 is 9.84 Å². The quantitative estimate of drug-likeness (QED) is 0.913. The SMILES string of the molecule is C[C@H](O)c1c(F)cccc1Oc1cc(F)ccc1F. The number of hydrogen-bond acceptors (Lipinski definition) is 2. The number of aliphatic hydroxyl groups excluding tert-OH is 1. The lowest BCUT2D eigenvalue weighted by atomic mass is 10.1. The Morgan fingerprint density at radius 3 is 2.42 bits per heavy atom. The van der Waals surface area contributed by atoms with E-state index in [1.807, 2.05) is 0 Å². The van der Waals surface area contributed by atoms with Gasteiger partial charge in [-0.2, -0.15) is 0 Å². The highest BCUT2D eigenvalue weighted by atomic mass is 19.1. The average Bonchev–Trinajstić information content (AvgIpc) is 2.33. The molecule has 1 N–H and O–H groups in total. The molecule has 0 unspecified atom stereocenters. The topological polar surface area (TPSA) is 29.5 Å². The Bertz CT molecular complexity index is 597. The minimum absolute atomic E-state index is 0.0560. The van der Waals surface area contributed by atoms with Crippen molar-refractivity contribution >= 4 is 0 Å². The van der Waals surface area contributed by atoms with E-state index in [0.717, 1.165) is 24.3 Å². The molecule has 2 nitrogen and oxygen atoms in total. The lowest BCUT2D eigenvalue weighted by Gasteiger charge is -2.14. The number of ether oxygens (including phenoxy) is 1. The number of halogens is 3. The van der Waals surface area contributed by atoms with Gasteiger partial charge in [-0.1, -0.05) is 6.07 Å². The van der Waals surface area contributed by atoms with Crippen molar-refractivity contribution in [3.8, 4) is 11.5 Å². The normalized spacial score (nSPS) is 12.3. The molecule has 0 heterocycles. The van der Waals surface area contributed by atoms with E-state index in [1.165, 1.54) is 19.1 Å². The Morgan fingerprint density at radius 1 is 1.00 bits per heavy atom. The van der Waals surface area contributed by atoms with Gasteiger partial charge in [-0.25, -0.2) is 13.2 Å². The number of hydrogen-bond donors (Lipinski definition) is 1. The third-order valence-electron chi connectivity index (χ3n) is 2.54. The van der Waals surface area contributed by atoms with Gasteiger partial charge in [0.25, 0.3) is 0 Å². The summed E-state index contributed by atoms with van der Waals surface area (Å²) in [7, 11) is 0. The van der Waals surface area contributed by atoms with Gasteiger partial charge in [-0.15, -0.1) is 0 Å². The summed E-state index contributed by atoms with van der Waals surface area (Å²) in [6, 6.07) is 6.58. The maximum absolute atomic E-state index is 13.6. The van der Waals surface area contributed by atoms with Gasteiger partial charge in [0.05, 0.1) is 11.7 Å². The molecule has 2 aromatic rings. The molecule has 0 aliphatic heterocycles. The molecule has 0 aliphatic rings. The van der Waals surface area contributed by atoms with Crippen molar-refractivity contribution in [2.75, 3.05) is 0 Å². The van der Waals surface area contributed by atoms with Gasteiger partial charge in [0.1, 0.15) is 17.4 Å². The summed E-state index contributed by atoms with van der Waals surface area (Å²) in [6.07, 6.45) is -1.13. The Balaban J connectivity index is 2.44. The van der Waals surface area contributed by atoms with Crippen LogP contribution in [0.1, 0.15) is 18.6 Å². The molecular weight excluding hydrogens is 257 g/mol. The first-order valence-electron chi connectivity index (χ1n) is 5.58. The van der Waals surface area contributed by atoms with Crippen molar-refractivity contribution in [3.63, 3.8) is 0 Å². The molecule has 0 saturated carbocycles. The molecule has 0 spiro atoms. The minimum Gasteiger partial charge on any atom is -0.454 e. The molecule has 2 rings (SSSR count). The second-order valence-corrected chi connectivity index (χ2v) is 4.00. The smallest absolute Gasteiger partial charge is 0.165 e. The van der Waals surface area contributed by atoms with Crippen LogP contribution in [-0.4, -0.2) is 5.11 Å². The molecular formula is C14H11F3O2. The lowest BCUT2D eigenvalue weighted by Crippen LogP contribution is -2.00. The highest BCUT2D eigenvalue weighted by Gasteiger charge is 2.16. The van der Waals surface area contributed by atoms with Crippen molar-refractivity contribution in [2.24, 2.45) is 0 Å². The van der Waals surface area contributed by atoms with E-state index in [9.17, 15) is 18.3 Å². The molecule has 2 aromatic carbocycles. The van der Waals surface area contributed by atoms with Crippen molar-refractivity contribution in [2.45, 2.75) is 13.0 Å². The highest BCUT2D eigenvalue weighted by molar-refractivity contribution is 5.40. The summed E-state index contributed by atoms with van der Waals surface area (Å²) in [5.41, 5.74) is -0.105. The van der Waals surface area contributed by atoms with E-state index in [4.69, 9.17) is 4.74 Å². The van der Waals surface area contributed by atoms with Crippen LogP contribution in [0.4, 0.5) is 13.2 Å². The monoisotopic (exact) mass is 268 g/mol. The second kappa shape index (κ2) is 5.32. The van der Waals surface area contributed by atoms with Crippen molar-refractivity contribution in [1.29, 1.82) is 0 Å². The predicted octanol–water partition coefficient (Wildman–Crippen LogP) is 3.95. The van der Waals surface area contributed by atoms with Crippen LogP contribution < -0.4 is 4.74 Å². The zero-order valence-electron chi connectivity index (χ0n) is 10.0. The van der Waals surface area contributed by atoms with E-state index in [0.29, 0.717) is 0 Å². The third-order valence-corrected chi connectivity index (χ3v) is 2.54. The number of rotatable bonds is 3. The first-order chi connectivity index (χ1) is 8.99. The van der Waals surface area contributed by atoms with E-state index >= 15 is 0 Å². The zero-order chi connectivity index (χ0) is 14.0. The number of aliphatic hydroxyl groups is 1. The van der Waals surface area contributed by atoms with Crippen LogP contribution in [0, 0.1) is 17.5 Å². The Kier molecular flexibility index (Phi) is 3.76. The summed E-state index contributed by atoms with van der Waals surface area (Å²) >= 11 is 0. The van der Waals surface area contributed by atoms with Crippen molar-refractivity contribution in [1.82, 2.24) is 0 Å². The molecule has 0 aromatic heterocycles. The standard InChI is InChI=1S/C14H11F3O2/c1-8(18)14-11(17)3-2-4-12(14)19-13-7-9(15)5-6-10(13)16/h2-8,18H,1H3/t8-/m0/s1. The molecule has 19 heavy (non-hydrogen) atoms. The van der Waals surface area contributed by atoms with Crippen LogP contribution in [0.5, 0.6) is 11.5 Å². The Morgan fingerprint density at radius 2 is 1.74 bits per heavy atom. The summed E-state index contributed by atoms with van der Waals surface area (Å²) in [5.74, 6) is -2.55. The van der Waals surface area contributed by atoms with Crippen LogP contribution in [0.25, 0.3) is 0 Å². The summed E-state index contributed by atoms with van der Waals surface area (Å²) in [4.78, 5) is 0. The van der Waals surface area contributed by atoms with Gasteiger partial charge in [-0.05, 0) is 31.2 Å². The molecule has 0 bridgehead atoms. The summed E-state index contributed by atoms with van der Waals surface area (Å²) < 4.78 is 45.2. The molecule has 5 heteroatoms. The summed E-state index contributed by atoms with van der Waals surface area (Å²) in [6.45, 7) is 1.35. The Labute approximate surface area is 108 Å². The highest BCUT2D eigenvalue weighted by Crippen LogP contribution is 2.32. The molecule has 0 aliphatic carbocycles. The van der Waals surface area contributed by atoms with E-state index in [2.05, 4.69) is 0 Å². The maximum Gasteiger partial charge on any atom is 0.165 e. The molecule has 0 fully saturated rings. The first kappa shape index (κ1) is 13.4. The minimum atomic E-state index is -1.13. The third kappa shape index (κ3) is 2.88. The lowest BCUT2D eigenvalue weighted by molar-refractivity contribution is 0.190.